The van der Waals surface area contributed by atoms with Gasteiger partial charge in [-0.25, -0.2) is 0 Å². The third kappa shape index (κ3) is 3.83. The summed E-state index contributed by atoms with van der Waals surface area (Å²) in [6, 6.07) is 0. The van der Waals surface area contributed by atoms with Gasteiger partial charge in [0.2, 0.25) is 0 Å². The van der Waals surface area contributed by atoms with Crippen molar-refractivity contribution < 1.29 is 9.13 Å². The van der Waals surface area contributed by atoms with Gasteiger partial charge in [-0.1, -0.05) is 19.3 Å². The molecular formula is C8H15FO. The Bertz CT molecular complexity index is 81.3. The van der Waals surface area contributed by atoms with Crippen LogP contribution in [0.25, 0.3) is 0 Å². The molecule has 0 saturated carbocycles. The second kappa shape index (κ2) is 4.67. The van der Waals surface area contributed by atoms with Gasteiger partial charge in [-0.2, -0.15) is 0 Å². The Morgan fingerprint density at radius 1 is 1.20 bits per heavy atom. The molecule has 10 heavy (non-hydrogen) atoms. The maximum absolute atomic E-state index is 11.6. The van der Waals surface area contributed by atoms with Crippen LogP contribution in [0.4, 0.5) is 4.39 Å². The molecular weight excluding hydrogens is 131 g/mol. The molecule has 0 aromatic heterocycles. The number of halogens is 1. The standard InChI is InChI=1S/C8H15FO/c9-6-4-2-1-3-5-8-7-10-8/h8H,1-7H2. The molecule has 1 saturated heterocycles. The van der Waals surface area contributed by atoms with E-state index in [0.717, 1.165) is 19.4 Å². The molecule has 0 N–H and O–H groups in total. The van der Waals surface area contributed by atoms with Gasteiger partial charge in [-0.15, -0.1) is 0 Å². The summed E-state index contributed by atoms with van der Waals surface area (Å²) >= 11 is 0. The lowest BCUT2D eigenvalue weighted by atomic mass is 10.1. The van der Waals surface area contributed by atoms with Crippen LogP contribution in [0.3, 0.4) is 0 Å². The second-order valence-corrected chi connectivity index (χ2v) is 2.85. The molecule has 0 spiro atoms. The van der Waals surface area contributed by atoms with Crippen molar-refractivity contribution >= 4 is 0 Å². The molecule has 1 rings (SSSR count). The number of alkyl halides is 1. The maximum atomic E-state index is 11.6. The van der Waals surface area contributed by atoms with Gasteiger partial charge < -0.3 is 4.74 Å². The SMILES string of the molecule is FCCCCCCC1CO1. The van der Waals surface area contributed by atoms with Crippen molar-refractivity contribution in [2.24, 2.45) is 0 Å². The van der Waals surface area contributed by atoms with E-state index in [0.29, 0.717) is 6.10 Å². The molecule has 0 radical (unpaired) electrons. The zero-order valence-electron chi connectivity index (χ0n) is 6.31. The maximum Gasteiger partial charge on any atom is 0.0894 e. The van der Waals surface area contributed by atoms with Crippen LogP contribution in [-0.2, 0) is 4.74 Å². The number of unbranched alkanes of at least 4 members (excludes halogenated alkanes) is 3. The fraction of sp³-hybridized carbons (Fsp3) is 1.00. The van der Waals surface area contributed by atoms with Crippen molar-refractivity contribution in [1.29, 1.82) is 0 Å². The van der Waals surface area contributed by atoms with Crippen molar-refractivity contribution in [3.05, 3.63) is 0 Å². The summed E-state index contributed by atoms with van der Waals surface area (Å²) in [6.45, 7) is 0.809. The van der Waals surface area contributed by atoms with Crippen molar-refractivity contribution in [3.63, 3.8) is 0 Å². The Morgan fingerprint density at radius 2 is 1.90 bits per heavy atom. The molecule has 1 aliphatic rings. The highest BCUT2D eigenvalue weighted by Gasteiger charge is 2.20. The molecule has 0 aromatic carbocycles. The minimum Gasteiger partial charge on any atom is -0.373 e. The molecule has 2 heteroatoms. The first-order valence-corrected chi connectivity index (χ1v) is 4.11. The van der Waals surface area contributed by atoms with Gasteiger partial charge in [0.1, 0.15) is 0 Å². The minimum absolute atomic E-state index is 0.153. The number of hydrogen-bond acceptors (Lipinski definition) is 1. The summed E-state index contributed by atoms with van der Waals surface area (Å²) in [5.41, 5.74) is 0. The van der Waals surface area contributed by atoms with Crippen LogP contribution >= 0.6 is 0 Å². The predicted molar refractivity (Wildman–Crippen MR) is 38.8 cm³/mol. The summed E-state index contributed by atoms with van der Waals surface area (Å²) in [7, 11) is 0. The molecule has 1 fully saturated rings. The lowest BCUT2D eigenvalue weighted by Crippen LogP contribution is -1.85. The average molecular weight is 146 g/mol. The largest absolute Gasteiger partial charge is 0.373 e. The van der Waals surface area contributed by atoms with E-state index in [-0.39, 0.29) is 6.67 Å². The first kappa shape index (κ1) is 7.99. The Kier molecular flexibility index (Phi) is 3.73. The van der Waals surface area contributed by atoms with Crippen LogP contribution < -0.4 is 0 Å². The molecule has 0 amide bonds. The van der Waals surface area contributed by atoms with Crippen molar-refractivity contribution in [3.8, 4) is 0 Å². The van der Waals surface area contributed by atoms with Gasteiger partial charge in [0.15, 0.2) is 0 Å². The van der Waals surface area contributed by atoms with E-state index in [9.17, 15) is 4.39 Å². The van der Waals surface area contributed by atoms with Gasteiger partial charge in [0, 0.05) is 0 Å². The van der Waals surface area contributed by atoms with Crippen molar-refractivity contribution in [2.75, 3.05) is 13.3 Å². The molecule has 1 nitrogen and oxygen atoms in total. The van der Waals surface area contributed by atoms with Gasteiger partial charge in [-0.05, 0) is 12.8 Å². The van der Waals surface area contributed by atoms with E-state index in [1.54, 1.807) is 0 Å². The number of hydrogen-bond donors (Lipinski definition) is 0. The summed E-state index contributed by atoms with van der Waals surface area (Å²) in [5, 5.41) is 0. The number of ether oxygens (including phenoxy) is 1. The molecule has 1 unspecified atom stereocenters. The lowest BCUT2D eigenvalue weighted by Gasteiger charge is -1.95. The van der Waals surface area contributed by atoms with Crippen molar-refractivity contribution in [1.82, 2.24) is 0 Å². The van der Waals surface area contributed by atoms with Crippen molar-refractivity contribution in [2.45, 2.75) is 38.2 Å². The van der Waals surface area contributed by atoms with Gasteiger partial charge >= 0.3 is 0 Å². The third-order valence-electron chi connectivity index (χ3n) is 1.81. The number of rotatable bonds is 6. The smallest absolute Gasteiger partial charge is 0.0894 e. The van der Waals surface area contributed by atoms with E-state index in [2.05, 4.69) is 0 Å². The van der Waals surface area contributed by atoms with E-state index >= 15 is 0 Å². The predicted octanol–water partition coefficient (Wildman–Crippen LogP) is 2.31. The van der Waals surface area contributed by atoms with Gasteiger partial charge in [-0.3, -0.25) is 4.39 Å². The fourth-order valence-electron chi connectivity index (χ4n) is 1.05. The summed E-state index contributed by atoms with van der Waals surface area (Å²) < 4.78 is 16.6. The molecule has 1 heterocycles. The number of epoxide rings is 1. The average Bonchev–Trinajstić information content (AvgIpc) is 2.71. The topological polar surface area (TPSA) is 12.5 Å². The van der Waals surface area contributed by atoms with Crippen LogP contribution in [0.15, 0.2) is 0 Å². The molecule has 0 bridgehead atoms. The molecule has 1 atom stereocenters. The minimum atomic E-state index is -0.153. The second-order valence-electron chi connectivity index (χ2n) is 2.85. The summed E-state index contributed by atoms with van der Waals surface area (Å²) in [4.78, 5) is 0. The first-order chi connectivity index (χ1) is 4.93. The molecule has 1 aliphatic heterocycles. The molecule has 0 aromatic rings. The van der Waals surface area contributed by atoms with Crippen LogP contribution in [0, 0.1) is 0 Å². The zero-order valence-corrected chi connectivity index (χ0v) is 6.31. The van der Waals surface area contributed by atoms with Crippen LogP contribution in [0.2, 0.25) is 0 Å². The zero-order chi connectivity index (χ0) is 7.23. The Labute approximate surface area is 61.6 Å². The normalized spacial score (nSPS) is 23.1. The summed E-state index contributed by atoms with van der Waals surface area (Å²) in [6.07, 6.45) is 5.92. The monoisotopic (exact) mass is 146 g/mol. The fourth-order valence-corrected chi connectivity index (χ4v) is 1.05. The van der Waals surface area contributed by atoms with Crippen LogP contribution in [0.5, 0.6) is 0 Å². The Morgan fingerprint density at radius 3 is 2.50 bits per heavy atom. The third-order valence-corrected chi connectivity index (χ3v) is 1.81. The first-order valence-electron chi connectivity index (χ1n) is 4.11. The van der Waals surface area contributed by atoms with Crippen LogP contribution in [-0.4, -0.2) is 19.4 Å². The Hall–Kier alpha value is -0.110. The molecule has 0 aliphatic carbocycles. The van der Waals surface area contributed by atoms with Gasteiger partial charge in [0.05, 0.1) is 19.4 Å². The van der Waals surface area contributed by atoms with Gasteiger partial charge in [0.25, 0.3) is 0 Å². The highest BCUT2D eigenvalue weighted by Crippen LogP contribution is 2.17. The molecule has 60 valence electrons. The summed E-state index contributed by atoms with van der Waals surface area (Å²) in [5.74, 6) is 0. The lowest BCUT2D eigenvalue weighted by molar-refractivity contribution is 0.385. The van der Waals surface area contributed by atoms with E-state index in [1.165, 1.54) is 19.3 Å². The Balaban J connectivity index is 1.68. The highest BCUT2D eigenvalue weighted by molar-refractivity contribution is 4.67. The van der Waals surface area contributed by atoms with E-state index in [1.807, 2.05) is 0 Å². The van der Waals surface area contributed by atoms with Crippen LogP contribution in [0.1, 0.15) is 32.1 Å². The highest BCUT2D eigenvalue weighted by atomic mass is 19.1. The quantitative estimate of drug-likeness (QED) is 0.414. The van der Waals surface area contributed by atoms with E-state index in [4.69, 9.17) is 4.74 Å². The van der Waals surface area contributed by atoms with E-state index < -0.39 is 0 Å².